The summed E-state index contributed by atoms with van der Waals surface area (Å²) in [4.78, 5) is 13.9. The van der Waals surface area contributed by atoms with Gasteiger partial charge in [0.2, 0.25) is 0 Å². The van der Waals surface area contributed by atoms with Gasteiger partial charge in [-0.25, -0.2) is 0 Å². The summed E-state index contributed by atoms with van der Waals surface area (Å²) >= 11 is 0. The number of aliphatic hydroxyl groups is 1. The van der Waals surface area contributed by atoms with E-state index in [1.807, 2.05) is 11.9 Å². The Morgan fingerprint density at radius 1 is 1.36 bits per heavy atom. The highest BCUT2D eigenvalue weighted by molar-refractivity contribution is 6.00. The molecule has 2 N–H and O–H groups in total. The molecule has 0 aliphatic carbocycles. The first-order valence-electron chi connectivity index (χ1n) is 7.26. The first-order chi connectivity index (χ1) is 10.5. The zero-order valence-electron chi connectivity index (χ0n) is 13.4. The van der Waals surface area contributed by atoms with Crippen molar-refractivity contribution in [2.45, 2.75) is 25.3 Å². The van der Waals surface area contributed by atoms with Crippen LogP contribution in [-0.2, 0) is 0 Å². The Morgan fingerprint density at radius 2 is 2.00 bits per heavy atom. The number of ether oxygens (including phenoxy) is 2. The van der Waals surface area contributed by atoms with E-state index in [4.69, 9.17) is 9.47 Å². The number of hydrogen-bond acceptors (Lipinski definition) is 6. The molecule has 22 heavy (non-hydrogen) atoms. The number of phenols is 1. The molecule has 0 bridgehead atoms. The van der Waals surface area contributed by atoms with Crippen LogP contribution >= 0.6 is 0 Å². The van der Waals surface area contributed by atoms with Gasteiger partial charge in [0.15, 0.2) is 5.78 Å². The molecule has 2 rings (SSSR count). The molecular formula is C16H23NO5. The number of nitrogens with zero attached hydrogens (tertiary/aromatic N) is 1. The Kier molecular flexibility index (Phi) is 4.93. The number of Topliss-reactive ketones (excluding diaryl/α,β-unsaturated/α-hetero) is 1. The maximum Gasteiger partial charge on any atom is 0.167 e. The molecule has 2 unspecified atom stereocenters. The highest BCUT2D eigenvalue weighted by atomic mass is 16.5. The molecule has 1 aliphatic rings. The van der Waals surface area contributed by atoms with E-state index in [1.54, 1.807) is 6.07 Å². The lowest BCUT2D eigenvalue weighted by Gasteiger charge is -2.26. The van der Waals surface area contributed by atoms with Crippen LogP contribution in [0.3, 0.4) is 0 Å². The molecule has 1 aromatic rings. The Morgan fingerprint density at radius 3 is 2.50 bits per heavy atom. The number of ketones is 1. The first kappa shape index (κ1) is 16.6. The molecule has 0 aromatic heterocycles. The fourth-order valence-corrected chi connectivity index (χ4v) is 3.28. The standard InChI is InChI=1S/C16H23NO5/c1-9(19)14-12(21-3)7-13(22-4)15(16(14)20)10-5-6-17(2)11(10)8-18/h7,10-11,18,20H,5-6,8H2,1-4H3. The van der Waals surface area contributed by atoms with Crippen LogP contribution in [0.2, 0.25) is 0 Å². The van der Waals surface area contributed by atoms with Gasteiger partial charge in [0.05, 0.1) is 20.8 Å². The number of rotatable bonds is 5. The van der Waals surface area contributed by atoms with Crippen molar-refractivity contribution in [2.24, 2.45) is 0 Å². The molecule has 0 saturated carbocycles. The largest absolute Gasteiger partial charge is 0.507 e. The molecule has 0 radical (unpaired) electrons. The number of hydrogen-bond donors (Lipinski definition) is 2. The minimum atomic E-state index is -0.273. The Hall–Kier alpha value is -1.79. The minimum absolute atomic E-state index is 0.0226. The number of carbonyl (C=O) groups excluding carboxylic acids is 1. The van der Waals surface area contributed by atoms with Gasteiger partial charge in [-0.3, -0.25) is 4.79 Å². The monoisotopic (exact) mass is 309 g/mol. The van der Waals surface area contributed by atoms with E-state index >= 15 is 0 Å². The molecule has 0 amide bonds. The number of phenolic OH excluding ortho intramolecular Hbond substituents is 1. The number of carbonyl (C=O) groups is 1. The van der Waals surface area contributed by atoms with Gasteiger partial charge in [-0.15, -0.1) is 0 Å². The van der Waals surface area contributed by atoms with Gasteiger partial charge >= 0.3 is 0 Å². The van der Waals surface area contributed by atoms with Gasteiger partial charge in [0, 0.05) is 23.6 Å². The topological polar surface area (TPSA) is 79.2 Å². The molecule has 6 heteroatoms. The van der Waals surface area contributed by atoms with Crippen LogP contribution < -0.4 is 9.47 Å². The maximum atomic E-state index is 11.9. The average molecular weight is 309 g/mol. The van der Waals surface area contributed by atoms with E-state index in [9.17, 15) is 15.0 Å². The molecule has 1 heterocycles. The SMILES string of the molecule is COc1cc(OC)c(C2CCN(C)C2CO)c(O)c1C(C)=O. The molecule has 1 aromatic carbocycles. The lowest BCUT2D eigenvalue weighted by Crippen LogP contribution is -2.32. The number of benzene rings is 1. The third-order valence-corrected chi connectivity index (χ3v) is 4.44. The second-order valence-electron chi connectivity index (χ2n) is 5.60. The van der Waals surface area contributed by atoms with Crippen LogP contribution in [0, 0.1) is 0 Å². The van der Waals surface area contributed by atoms with Gasteiger partial charge in [-0.2, -0.15) is 0 Å². The molecule has 122 valence electrons. The van der Waals surface area contributed by atoms with Gasteiger partial charge in [-0.1, -0.05) is 0 Å². The maximum absolute atomic E-state index is 11.9. The minimum Gasteiger partial charge on any atom is -0.507 e. The van der Waals surface area contributed by atoms with Gasteiger partial charge in [0.25, 0.3) is 0 Å². The summed E-state index contributed by atoms with van der Waals surface area (Å²) in [5.74, 6) is 0.275. The zero-order valence-corrected chi connectivity index (χ0v) is 13.4. The summed E-state index contributed by atoms with van der Waals surface area (Å²) in [5.41, 5.74) is 0.724. The lowest BCUT2D eigenvalue weighted by atomic mass is 9.88. The summed E-state index contributed by atoms with van der Waals surface area (Å²) < 4.78 is 10.6. The van der Waals surface area contributed by atoms with Gasteiger partial charge in [-0.05, 0) is 26.9 Å². The molecule has 1 fully saturated rings. The quantitative estimate of drug-likeness (QED) is 0.800. The van der Waals surface area contributed by atoms with Crippen molar-refractivity contribution < 1.29 is 24.5 Å². The predicted octanol–water partition coefficient (Wildman–Crippen LogP) is 1.39. The van der Waals surface area contributed by atoms with Crippen molar-refractivity contribution in [3.05, 3.63) is 17.2 Å². The molecule has 2 atom stereocenters. The number of likely N-dealkylation sites (N-methyl/N-ethyl adjacent to an activating group) is 1. The molecule has 1 saturated heterocycles. The Balaban J connectivity index is 2.64. The fourth-order valence-electron chi connectivity index (χ4n) is 3.28. The van der Waals surface area contributed by atoms with Crippen LogP contribution in [0.15, 0.2) is 6.07 Å². The summed E-state index contributed by atoms with van der Waals surface area (Å²) in [7, 11) is 4.89. The number of likely N-dealkylation sites (tertiary alicyclic amines) is 1. The van der Waals surface area contributed by atoms with Crippen LogP contribution in [0.5, 0.6) is 17.2 Å². The molecular weight excluding hydrogens is 286 g/mol. The summed E-state index contributed by atoms with van der Waals surface area (Å²) in [6, 6.07) is 1.51. The normalized spacial score (nSPS) is 21.9. The smallest absolute Gasteiger partial charge is 0.167 e. The number of methoxy groups -OCH3 is 2. The third-order valence-electron chi connectivity index (χ3n) is 4.44. The van der Waals surface area contributed by atoms with Crippen molar-refractivity contribution in [3.8, 4) is 17.2 Å². The van der Waals surface area contributed by atoms with Crippen molar-refractivity contribution in [1.29, 1.82) is 0 Å². The van der Waals surface area contributed by atoms with E-state index in [2.05, 4.69) is 0 Å². The molecule has 1 aliphatic heterocycles. The highest BCUT2D eigenvalue weighted by Gasteiger charge is 2.37. The first-order valence-corrected chi connectivity index (χ1v) is 7.26. The third kappa shape index (κ3) is 2.64. The fraction of sp³-hybridized carbons (Fsp3) is 0.562. The Bertz CT molecular complexity index is 572. The van der Waals surface area contributed by atoms with Gasteiger partial charge in [0.1, 0.15) is 22.8 Å². The van der Waals surface area contributed by atoms with Crippen molar-refractivity contribution in [1.82, 2.24) is 4.90 Å². The second-order valence-corrected chi connectivity index (χ2v) is 5.60. The van der Waals surface area contributed by atoms with Crippen LogP contribution in [0.25, 0.3) is 0 Å². The van der Waals surface area contributed by atoms with E-state index in [-0.39, 0.29) is 41.4 Å². The molecule has 6 nitrogen and oxygen atoms in total. The summed E-state index contributed by atoms with van der Waals surface area (Å²) in [6.07, 6.45) is 0.773. The molecule has 0 spiro atoms. The number of aliphatic hydroxyl groups excluding tert-OH is 1. The van der Waals surface area contributed by atoms with E-state index in [0.29, 0.717) is 11.3 Å². The highest BCUT2D eigenvalue weighted by Crippen LogP contribution is 2.47. The zero-order chi connectivity index (χ0) is 16.4. The van der Waals surface area contributed by atoms with Crippen LogP contribution in [0.4, 0.5) is 0 Å². The number of aromatic hydroxyl groups is 1. The van der Waals surface area contributed by atoms with E-state index < -0.39 is 0 Å². The van der Waals surface area contributed by atoms with E-state index in [1.165, 1.54) is 21.1 Å². The van der Waals surface area contributed by atoms with Gasteiger partial charge < -0.3 is 24.6 Å². The average Bonchev–Trinajstić information content (AvgIpc) is 2.85. The summed E-state index contributed by atoms with van der Waals surface area (Å²) in [6.45, 7) is 2.17. The predicted molar refractivity (Wildman–Crippen MR) is 82.1 cm³/mol. The summed E-state index contributed by atoms with van der Waals surface area (Å²) in [5, 5.41) is 20.3. The van der Waals surface area contributed by atoms with Crippen molar-refractivity contribution in [3.63, 3.8) is 0 Å². The van der Waals surface area contributed by atoms with Crippen molar-refractivity contribution >= 4 is 5.78 Å². The van der Waals surface area contributed by atoms with Crippen LogP contribution in [-0.4, -0.2) is 61.4 Å². The van der Waals surface area contributed by atoms with Crippen molar-refractivity contribution in [2.75, 3.05) is 34.4 Å². The Labute approximate surface area is 130 Å². The van der Waals surface area contributed by atoms with E-state index in [0.717, 1.165) is 13.0 Å². The second kappa shape index (κ2) is 6.54. The lowest BCUT2D eigenvalue weighted by molar-refractivity contribution is 0.101. The van der Waals surface area contributed by atoms with Crippen LogP contribution in [0.1, 0.15) is 35.2 Å².